The summed E-state index contributed by atoms with van der Waals surface area (Å²) in [6.45, 7) is -0.227. The van der Waals surface area contributed by atoms with Gasteiger partial charge in [0.2, 0.25) is 0 Å². The summed E-state index contributed by atoms with van der Waals surface area (Å²) in [4.78, 5) is 11.8. The van der Waals surface area contributed by atoms with Gasteiger partial charge >= 0.3 is 5.97 Å². The molecule has 0 N–H and O–H groups in total. The van der Waals surface area contributed by atoms with E-state index in [1.807, 2.05) is 0 Å². The van der Waals surface area contributed by atoms with E-state index < -0.39 is 5.97 Å². The largest absolute Gasteiger partial charge is 0.481 e. The fourth-order valence-electron chi connectivity index (χ4n) is 1.44. The SMILES string of the molecule is O=C(COc1ccc(Cl)cc1Br)Oc1ccc(Cl)cc1Br. The normalized spacial score (nSPS) is 10.3. The molecule has 21 heavy (non-hydrogen) atoms. The molecule has 0 aliphatic rings. The maximum Gasteiger partial charge on any atom is 0.349 e. The Morgan fingerprint density at radius 3 is 2.00 bits per heavy atom. The molecule has 0 heterocycles. The summed E-state index contributed by atoms with van der Waals surface area (Å²) in [5.74, 6) is 0.356. The van der Waals surface area contributed by atoms with Crippen LogP contribution >= 0.6 is 55.1 Å². The van der Waals surface area contributed by atoms with Crippen molar-refractivity contribution in [2.75, 3.05) is 6.61 Å². The quantitative estimate of drug-likeness (QED) is 0.452. The van der Waals surface area contributed by atoms with Crippen molar-refractivity contribution in [3.05, 3.63) is 55.4 Å². The van der Waals surface area contributed by atoms with Crippen molar-refractivity contribution < 1.29 is 14.3 Å². The van der Waals surface area contributed by atoms with Gasteiger partial charge in [-0.25, -0.2) is 4.79 Å². The van der Waals surface area contributed by atoms with Crippen molar-refractivity contribution >= 4 is 61.0 Å². The first-order valence-corrected chi connectivity index (χ1v) is 8.03. The predicted octanol–water partition coefficient (Wildman–Crippen LogP) is 5.50. The van der Waals surface area contributed by atoms with E-state index in [1.165, 1.54) is 0 Å². The lowest BCUT2D eigenvalue weighted by Gasteiger charge is -2.09. The number of carbonyl (C=O) groups excluding carboxylic acids is 1. The maximum atomic E-state index is 11.8. The van der Waals surface area contributed by atoms with Gasteiger partial charge in [-0.2, -0.15) is 0 Å². The maximum absolute atomic E-state index is 11.8. The predicted molar refractivity (Wildman–Crippen MR) is 89.4 cm³/mol. The summed E-state index contributed by atoms with van der Waals surface area (Å²) < 4.78 is 11.8. The lowest BCUT2D eigenvalue weighted by Crippen LogP contribution is -2.18. The number of halogens is 4. The van der Waals surface area contributed by atoms with Crippen LogP contribution in [0.1, 0.15) is 0 Å². The van der Waals surface area contributed by atoms with Crippen LogP contribution in [0.3, 0.4) is 0 Å². The van der Waals surface area contributed by atoms with Crippen molar-refractivity contribution in [1.82, 2.24) is 0 Å². The van der Waals surface area contributed by atoms with Crippen LogP contribution in [0.25, 0.3) is 0 Å². The third kappa shape index (κ3) is 4.88. The van der Waals surface area contributed by atoms with E-state index in [2.05, 4.69) is 31.9 Å². The highest BCUT2D eigenvalue weighted by molar-refractivity contribution is 9.10. The molecule has 0 amide bonds. The minimum absolute atomic E-state index is 0.227. The minimum atomic E-state index is -0.528. The number of rotatable bonds is 4. The monoisotopic (exact) mass is 452 g/mol. The van der Waals surface area contributed by atoms with Crippen LogP contribution in [0.2, 0.25) is 10.0 Å². The van der Waals surface area contributed by atoms with Crippen molar-refractivity contribution in [3.8, 4) is 11.5 Å². The zero-order chi connectivity index (χ0) is 15.4. The summed E-state index contributed by atoms with van der Waals surface area (Å²) in [5.41, 5.74) is 0. The Bertz CT molecular complexity index is 677. The smallest absolute Gasteiger partial charge is 0.349 e. The van der Waals surface area contributed by atoms with Crippen LogP contribution in [0.15, 0.2) is 45.3 Å². The Balaban J connectivity index is 1.96. The average Bonchev–Trinajstić information content (AvgIpc) is 2.41. The van der Waals surface area contributed by atoms with E-state index in [9.17, 15) is 4.79 Å². The minimum Gasteiger partial charge on any atom is -0.481 e. The molecule has 7 heteroatoms. The van der Waals surface area contributed by atoms with Gasteiger partial charge in [-0.3, -0.25) is 0 Å². The van der Waals surface area contributed by atoms with Crippen molar-refractivity contribution in [2.24, 2.45) is 0 Å². The molecular weight excluding hydrogens is 447 g/mol. The van der Waals surface area contributed by atoms with Gasteiger partial charge in [0.15, 0.2) is 6.61 Å². The number of esters is 1. The highest BCUT2D eigenvalue weighted by atomic mass is 79.9. The Hall–Kier alpha value is -0.750. The highest BCUT2D eigenvalue weighted by Gasteiger charge is 2.11. The Kier molecular flexibility index (Phi) is 5.93. The molecule has 2 aromatic rings. The first kappa shape index (κ1) is 16.6. The molecule has 0 atom stereocenters. The summed E-state index contributed by atoms with van der Waals surface area (Å²) in [5, 5.41) is 1.12. The zero-order valence-electron chi connectivity index (χ0n) is 10.4. The molecule has 0 aliphatic carbocycles. The van der Waals surface area contributed by atoms with E-state index in [4.69, 9.17) is 32.7 Å². The molecule has 2 rings (SSSR count). The molecule has 0 radical (unpaired) electrons. The fourth-order valence-corrected chi connectivity index (χ4v) is 3.00. The molecule has 0 aromatic heterocycles. The van der Waals surface area contributed by atoms with Gasteiger partial charge in [-0.15, -0.1) is 0 Å². The number of hydrogen-bond donors (Lipinski definition) is 0. The summed E-state index contributed by atoms with van der Waals surface area (Å²) in [6.07, 6.45) is 0. The van der Waals surface area contributed by atoms with E-state index in [-0.39, 0.29) is 6.61 Å². The summed E-state index contributed by atoms with van der Waals surface area (Å²) >= 11 is 18.2. The van der Waals surface area contributed by atoms with Gasteiger partial charge in [0, 0.05) is 10.0 Å². The number of ether oxygens (including phenoxy) is 2. The number of benzene rings is 2. The van der Waals surface area contributed by atoms with Gasteiger partial charge < -0.3 is 9.47 Å². The van der Waals surface area contributed by atoms with Crippen LogP contribution < -0.4 is 9.47 Å². The van der Waals surface area contributed by atoms with Gasteiger partial charge in [-0.05, 0) is 68.3 Å². The third-order valence-corrected chi connectivity index (χ3v) is 4.07. The molecule has 0 fully saturated rings. The standard InChI is InChI=1S/C14H8Br2Cl2O3/c15-10-5-8(17)1-3-12(10)20-7-14(19)21-13-4-2-9(18)6-11(13)16/h1-6H,7H2. The Labute approximate surface area is 148 Å². The molecule has 110 valence electrons. The second kappa shape index (κ2) is 7.49. The molecule has 2 aromatic carbocycles. The Morgan fingerprint density at radius 2 is 1.48 bits per heavy atom. The molecule has 0 aliphatic heterocycles. The van der Waals surface area contributed by atoms with Crippen LogP contribution in [0.4, 0.5) is 0 Å². The van der Waals surface area contributed by atoms with Gasteiger partial charge in [-0.1, -0.05) is 23.2 Å². The highest BCUT2D eigenvalue weighted by Crippen LogP contribution is 2.29. The molecule has 0 bridgehead atoms. The first-order valence-electron chi connectivity index (χ1n) is 5.69. The van der Waals surface area contributed by atoms with E-state index in [1.54, 1.807) is 36.4 Å². The average molecular weight is 455 g/mol. The lowest BCUT2D eigenvalue weighted by molar-refractivity contribution is -0.136. The summed E-state index contributed by atoms with van der Waals surface area (Å²) in [7, 11) is 0. The number of carbonyl (C=O) groups is 1. The molecular formula is C14H8Br2Cl2O3. The van der Waals surface area contributed by atoms with Gasteiger partial charge in [0.1, 0.15) is 11.5 Å². The van der Waals surface area contributed by atoms with Crippen LogP contribution in [-0.4, -0.2) is 12.6 Å². The second-order valence-corrected chi connectivity index (χ2v) is 6.49. The first-order chi connectivity index (χ1) is 9.95. The van der Waals surface area contributed by atoms with Crippen molar-refractivity contribution in [3.63, 3.8) is 0 Å². The lowest BCUT2D eigenvalue weighted by atomic mass is 10.3. The summed E-state index contributed by atoms with van der Waals surface area (Å²) in [6, 6.07) is 9.88. The number of hydrogen-bond acceptors (Lipinski definition) is 3. The van der Waals surface area contributed by atoms with Gasteiger partial charge in [0.25, 0.3) is 0 Å². The molecule has 0 saturated carbocycles. The van der Waals surface area contributed by atoms with Crippen LogP contribution in [0, 0.1) is 0 Å². The molecule has 0 unspecified atom stereocenters. The van der Waals surface area contributed by atoms with Crippen LogP contribution in [0.5, 0.6) is 11.5 Å². The zero-order valence-corrected chi connectivity index (χ0v) is 15.1. The molecule has 3 nitrogen and oxygen atoms in total. The molecule has 0 spiro atoms. The van der Waals surface area contributed by atoms with E-state index in [0.29, 0.717) is 30.5 Å². The van der Waals surface area contributed by atoms with Gasteiger partial charge in [0.05, 0.1) is 8.95 Å². The fraction of sp³-hybridized carbons (Fsp3) is 0.0714. The molecule has 0 saturated heterocycles. The van der Waals surface area contributed by atoms with E-state index in [0.717, 1.165) is 0 Å². The van der Waals surface area contributed by atoms with E-state index >= 15 is 0 Å². The second-order valence-electron chi connectivity index (χ2n) is 3.91. The topological polar surface area (TPSA) is 35.5 Å². The van der Waals surface area contributed by atoms with Crippen molar-refractivity contribution in [1.29, 1.82) is 0 Å². The Morgan fingerprint density at radius 1 is 0.952 bits per heavy atom. The third-order valence-electron chi connectivity index (χ3n) is 2.36. The van der Waals surface area contributed by atoms with Crippen LogP contribution in [-0.2, 0) is 4.79 Å². The van der Waals surface area contributed by atoms with Crippen molar-refractivity contribution in [2.45, 2.75) is 0 Å².